The lowest BCUT2D eigenvalue weighted by molar-refractivity contribution is -0.139. The number of carbonyl (C=O) groups excluding carboxylic acids is 2. The summed E-state index contributed by atoms with van der Waals surface area (Å²) >= 11 is 12.6. The van der Waals surface area contributed by atoms with E-state index in [1.54, 1.807) is 43.3 Å². The number of halogens is 2. The molecule has 0 heterocycles. The molecule has 1 atom stereocenters. The minimum Gasteiger partial charge on any atom is -0.495 e. The Morgan fingerprint density at radius 3 is 2.33 bits per heavy atom. The van der Waals surface area contributed by atoms with E-state index >= 15 is 0 Å². The summed E-state index contributed by atoms with van der Waals surface area (Å²) < 4.78 is 34.3. The van der Waals surface area contributed by atoms with Crippen LogP contribution >= 0.6 is 23.2 Å². The zero-order valence-electron chi connectivity index (χ0n) is 24.6. The summed E-state index contributed by atoms with van der Waals surface area (Å²) in [7, 11) is -2.76. The van der Waals surface area contributed by atoms with Crippen LogP contribution in [0.15, 0.2) is 71.6 Å². The second-order valence-corrected chi connectivity index (χ2v) is 13.5. The summed E-state index contributed by atoms with van der Waals surface area (Å²) in [6, 6.07) is 17.1. The first-order valence-electron chi connectivity index (χ1n) is 14.3. The summed E-state index contributed by atoms with van der Waals surface area (Å²) in [6.07, 6.45) is 5.01. The van der Waals surface area contributed by atoms with Crippen molar-refractivity contribution in [2.24, 2.45) is 0 Å². The molecule has 1 saturated carbocycles. The van der Waals surface area contributed by atoms with Gasteiger partial charge in [-0.15, -0.1) is 0 Å². The first kappa shape index (κ1) is 32.6. The molecule has 0 bridgehead atoms. The molecule has 0 saturated heterocycles. The quantitative estimate of drug-likeness (QED) is 0.261. The third kappa shape index (κ3) is 8.22. The van der Waals surface area contributed by atoms with Crippen LogP contribution in [-0.2, 0) is 26.2 Å². The van der Waals surface area contributed by atoms with Gasteiger partial charge in [0.1, 0.15) is 18.3 Å². The molecule has 4 rings (SSSR count). The van der Waals surface area contributed by atoms with E-state index in [2.05, 4.69) is 5.32 Å². The second-order valence-electron chi connectivity index (χ2n) is 10.8. The number of carbonyl (C=O) groups is 2. The van der Waals surface area contributed by atoms with Gasteiger partial charge in [-0.3, -0.25) is 13.9 Å². The lowest BCUT2D eigenvalue weighted by atomic mass is 9.95. The fourth-order valence-electron chi connectivity index (χ4n) is 5.16. The highest BCUT2D eigenvalue weighted by atomic mass is 35.5. The Labute approximate surface area is 264 Å². The normalized spacial score (nSPS) is 14.5. The van der Waals surface area contributed by atoms with Crippen LogP contribution in [0.25, 0.3) is 0 Å². The number of rotatable bonds is 11. The van der Waals surface area contributed by atoms with Gasteiger partial charge < -0.3 is 15.0 Å². The minimum absolute atomic E-state index is 0.0160. The number of sulfonamides is 1. The third-order valence-corrected chi connectivity index (χ3v) is 9.99. The van der Waals surface area contributed by atoms with Crippen molar-refractivity contribution in [2.75, 3.05) is 18.0 Å². The number of benzene rings is 3. The van der Waals surface area contributed by atoms with E-state index in [-0.39, 0.29) is 34.1 Å². The molecule has 2 amide bonds. The maximum Gasteiger partial charge on any atom is 0.264 e. The molecule has 8 nitrogen and oxygen atoms in total. The minimum atomic E-state index is -4.22. The van der Waals surface area contributed by atoms with Gasteiger partial charge in [0.2, 0.25) is 11.8 Å². The number of methoxy groups -OCH3 is 1. The fraction of sp³-hybridized carbons (Fsp3) is 0.375. The lowest BCUT2D eigenvalue weighted by Gasteiger charge is -2.33. The largest absolute Gasteiger partial charge is 0.495 e. The van der Waals surface area contributed by atoms with Crippen LogP contribution in [-0.4, -0.2) is 50.9 Å². The Morgan fingerprint density at radius 2 is 1.70 bits per heavy atom. The van der Waals surface area contributed by atoms with Gasteiger partial charge in [-0.1, -0.05) is 72.3 Å². The van der Waals surface area contributed by atoms with Gasteiger partial charge in [-0.25, -0.2) is 8.42 Å². The predicted molar refractivity (Wildman–Crippen MR) is 170 cm³/mol. The standard InChI is InChI=1S/C32H37Cl2N3O5S/c1-22-12-15-28(16-13-22)43(40,41)37(27-14-17-30(42-3)29(34)19-27)21-31(38)36(20-24-8-7-9-25(33)18-24)23(2)32(39)35-26-10-5-4-6-11-26/h7-9,12-19,23,26H,4-6,10-11,20-21H2,1-3H3,(H,35,39). The summed E-state index contributed by atoms with van der Waals surface area (Å²) in [4.78, 5) is 29.0. The number of hydrogen-bond donors (Lipinski definition) is 1. The molecule has 1 unspecified atom stereocenters. The smallest absolute Gasteiger partial charge is 0.264 e. The molecule has 1 N–H and O–H groups in total. The molecule has 1 aliphatic rings. The van der Waals surface area contributed by atoms with Gasteiger partial charge in [0.05, 0.1) is 22.7 Å². The van der Waals surface area contributed by atoms with Crippen molar-refractivity contribution >= 4 is 50.7 Å². The van der Waals surface area contributed by atoms with Crippen LogP contribution < -0.4 is 14.4 Å². The summed E-state index contributed by atoms with van der Waals surface area (Å²) in [5.41, 5.74) is 1.78. The maximum absolute atomic E-state index is 14.1. The van der Waals surface area contributed by atoms with E-state index < -0.39 is 28.5 Å². The topological polar surface area (TPSA) is 96.0 Å². The zero-order chi connectivity index (χ0) is 31.1. The number of amides is 2. The first-order valence-corrected chi connectivity index (χ1v) is 16.5. The van der Waals surface area contributed by atoms with Gasteiger partial charge in [-0.2, -0.15) is 0 Å². The molecule has 1 aliphatic carbocycles. The third-order valence-electron chi connectivity index (χ3n) is 7.67. The maximum atomic E-state index is 14.1. The molecule has 11 heteroatoms. The number of aryl methyl sites for hydroxylation is 1. The summed E-state index contributed by atoms with van der Waals surface area (Å²) in [5, 5.41) is 3.77. The second kappa shape index (κ2) is 14.5. The molecule has 0 radical (unpaired) electrons. The lowest BCUT2D eigenvalue weighted by Crippen LogP contribution is -2.53. The number of anilines is 1. The highest BCUT2D eigenvalue weighted by Gasteiger charge is 2.33. The molecule has 43 heavy (non-hydrogen) atoms. The number of hydrogen-bond acceptors (Lipinski definition) is 5. The molecule has 230 valence electrons. The van der Waals surface area contributed by atoms with Crippen LogP contribution in [0, 0.1) is 6.92 Å². The van der Waals surface area contributed by atoms with E-state index in [4.69, 9.17) is 27.9 Å². The average Bonchev–Trinajstić information content (AvgIpc) is 2.99. The number of nitrogens with one attached hydrogen (secondary N) is 1. The molecule has 0 aliphatic heterocycles. The first-order chi connectivity index (χ1) is 20.5. The van der Waals surface area contributed by atoms with E-state index in [1.807, 2.05) is 13.0 Å². The molecular weight excluding hydrogens is 609 g/mol. The summed E-state index contributed by atoms with van der Waals surface area (Å²) in [6.45, 7) is 3.00. The Morgan fingerprint density at radius 1 is 1.00 bits per heavy atom. The van der Waals surface area contributed by atoms with Crippen molar-refractivity contribution in [3.05, 3.63) is 87.9 Å². The molecular formula is C32H37Cl2N3O5S. The van der Waals surface area contributed by atoms with E-state index in [9.17, 15) is 18.0 Å². The van der Waals surface area contributed by atoms with E-state index in [1.165, 1.54) is 36.3 Å². The number of ether oxygens (including phenoxy) is 1. The Balaban J connectivity index is 1.70. The summed E-state index contributed by atoms with van der Waals surface area (Å²) in [5.74, 6) is -0.489. The highest BCUT2D eigenvalue weighted by molar-refractivity contribution is 7.92. The zero-order valence-corrected chi connectivity index (χ0v) is 26.9. The van der Waals surface area contributed by atoms with Crippen molar-refractivity contribution in [1.29, 1.82) is 0 Å². The number of nitrogens with zero attached hydrogens (tertiary/aromatic N) is 2. The molecule has 1 fully saturated rings. The highest BCUT2D eigenvalue weighted by Crippen LogP contribution is 2.32. The monoisotopic (exact) mass is 645 g/mol. The predicted octanol–water partition coefficient (Wildman–Crippen LogP) is 6.37. The van der Waals surface area contributed by atoms with Gasteiger partial charge in [0, 0.05) is 17.6 Å². The van der Waals surface area contributed by atoms with E-state index in [0.29, 0.717) is 16.3 Å². The van der Waals surface area contributed by atoms with Crippen molar-refractivity contribution in [3.63, 3.8) is 0 Å². The molecule has 0 spiro atoms. The van der Waals surface area contributed by atoms with Crippen molar-refractivity contribution < 1.29 is 22.7 Å². The molecule has 3 aromatic carbocycles. The fourth-order valence-corrected chi connectivity index (χ4v) is 7.03. The van der Waals surface area contributed by atoms with Gasteiger partial charge >= 0.3 is 0 Å². The van der Waals surface area contributed by atoms with Crippen molar-refractivity contribution in [2.45, 2.75) is 69.5 Å². The van der Waals surface area contributed by atoms with Gasteiger partial charge in [0.25, 0.3) is 10.0 Å². The van der Waals surface area contributed by atoms with Crippen molar-refractivity contribution in [3.8, 4) is 5.75 Å². The Hall–Kier alpha value is -3.27. The van der Waals surface area contributed by atoms with Crippen molar-refractivity contribution in [1.82, 2.24) is 10.2 Å². The Kier molecular flexibility index (Phi) is 11.0. The van der Waals surface area contributed by atoms with Crippen LogP contribution in [0.4, 0.5) is 5.69 Å². The molecule has 3 aromatic rings. The van der Waals surface area contributed by atoms with Crippen LogP contribution in [0.5, 0.6) is 5.75 Å². The SMILES string of the molecule is COc1ccc(N(CC(=O)N(Cc2cccc(Cl)c2)C(C)C(=O)NC2CCCCC2)S(=O)(=O)c2ccc(C)cc2)cc1Cl. The van der Waals surface area contributed by atoms with Gasteiger partial charge in [0.15, 0.2) is 0 Å². The van der Waals surface area contributed by atoms with Crippen LogP contribution in [0.1, 0.15) is 50.2 Å². The van der Waals surface area contributed by atoms with Crippen LogP contribution in [0.3, 0.4) is 0 Å². The van der Waals surface area contributed by atoms with Crippen LogP contribution in [0.2, 0.25) is 10.0 Å². The average molecular weight is 647 g/mol. The Bertz CT molecular complexity index is 1540. The van der Waals surface area contributed by atoms with Gasteiger partial charge in [-0.05, 0) is 74.7 Å². The van der Waals surface area contributed by atoms with E-state index in [0.717, 1.165) is 42.0 Å². The molecule has 0 aromatic heterocycles.